The average Bonchev–Trinajstić information content (AvgIpc) is 3.28. The summed E-state index contributed by atoms with van der Waals surface area (Å²) in [6, 6.07) is 0. The van der Waals surface area contributed by atoms with Crippen molar-refractivity contribution < 1.29 is 44.2 Å². The zero-order chi connectivity index (χ0) is 45.7. The summed E-state index contributed by atoms with van der Waals surface area (Å²) in [4.78, 5) is 12.9. The van der Waals surface area contributed by atoms with Crippen molar-refractivity contribution in [1.82, 2.24) is 0 Å². The molecule has 4 N–H and O–H groups in total. The van der Waals surface area contributed by atoms with Crippen molar-refractivity contribution in [3.8, 4) is 0 Å². The number of carbonyl (C=O) groups excluding carboxylic acids is 1. The molecular formula is C54H106O9. The van der Waals surface area contributed by atoms with Crippen molar-refractivity contribution in [2.24, 2.45) is 0 Å². The minimum Gasteiger partial charge on any atom is -0.457 e. The van der Waals surface area contributed by atoms with E-state index in [-0.39, 0.29) is 19.2 Å². The Morgan fingerprint density at radius 1 is 0.444 bits per heavy atom. The number of hydrogen-bond donors (Lipinski definition) is 4. The molecule has 63 heavy (non-hydrogen) atoms. The van der Waals surface area contributed by atoms with E-state index in [1.165, 1.54) is 225 Å². The molecule has 9 heteroatoms. The number of rotatable bonds is 49. The Morgan fingerprint density at radius 3 is 1.13 bits per heavy atom. The molecule has 0 saturated carbocycles. The first kappa shape index (κ1) is 60.2. The molecule has 1 aliphatic rings. The number of carbonyl (C=O) groups is 1. The van der Waals surface area contributed by atoms with Crippen LogP contribution in [0.2, 0.25) is 0 Å². The van der Waals surface area contributed by atoms with Crippen LogP contribution in [0, 0.1) is 0 Å². The smallest absolute Gasteiger partial charge is 0.306 e. The van der Waals surface area contributed by atoms with Crippen LogP contribution in [-0.2, 0) is 23.7 Å². The van der Waals surface area contributed by atoms with E-state index in [9.17, 15) is 25.2 Å². The van der Waals surface area contributed by atoms with Gasteiger partial charge >= 0.3 is 5.97 Å². The van der Waals surface area contributed by atoms with Gasteiger partial charge in [0, 0.05) is 13.0 Å². The van der Waals surface area contributed by atoms with Crippen LogP contribution in [0.15, 0.2) is 0 Å². The monoisotopic (exact) mass is 899 g/mol. The van der Waals surface area contributed by atoms with Gasteiger partial charge in [0.25, 0.3) is 0 Å². The van der Waals surface area contributed by atoms with E-state index < -0.39 is 43.4 Å². The lowest BCUT2D eigenvalue weighted by molar-refractivity contribution is -0.305. The van der Waals surface area contributed by atoms with E-state index in [0.29, 0.717) is 13.0 Å². The van der Waals surface area contributed by atoms with Crippen molar-refractivity contribution in [3.63, 3.8) is 0 Å². The lowest BCUT2D eigenvalue weighted by atomic mass is 9.99. The van der Waals surface area contributed by atoms with Gasteiger partial charge in [0.05, 0.1) is 19.8 Å². The van der Waals surface area contributed by atoms with Crippen LogP contribution >= 0.6 is 0 Å². The summed E-state index contributed by atoms with van der Waals surface area (Å²) in [5, 5.41) is 40.3. The first-order valence-electron chi connectivity index (χ1n) is 27.6. The molecule has 0 aromatic carbocycles. The Kier molecular flexibility index (Phi) is 44.3. The molecule has 0 aliphatic carbocycles. The van der Waals surface area contributed by atoms with Crippen molar-refractivity contribution >= 4 is 5.97 Å². The second-order valence-corrected chi connectivity index (χ2v) is 19.4. The SMILES string of the molecule is CCCCCCCCCCCCCCCCCCCCCCCCOCC(COC1OC(CO)C(O)C(O)C1O)OC(=O)CCCCCCCCCCCCCCCCCCCC. The lowest BCUT2D eigenvalue weighted by Crippen LogP contribution is -2.59. The summed E-state index contributed by atoms with van der Waals surface area (Å²) in [5.41, 5.74) is 0. The highest BCUT2D eigenvalue weighted by Crippen LogP contribution is 2.23. The van der Waals surface area contributed by atoms with E-state index in [2.05, 4.69) is 13.8 Å². The first-order valence-corrected chi connectivity index (χ1v) is 27.6. The summed E-state index contributed by atoms with van der Waals surface area (Å²) in [6.45, 7) is 4.64. The Morgan fingerprint density at radius 2 is 0.778 bits per heavy atom. The first-order chi connectivity index (χ1) is 30.9. The molecule has 0 radical (unpaired) electrons. The minimum atomic E-state index is -1.53. The molecule has 0 aromatic rings. The van der Waals surface area contributed by atoms with E-state index in [1.54, 1.807) is 0 Å². The van der Waals surface area contributed by atoms with Gasteiger partial charge in [-0.15, -0.1) is 0 Å². The molecule has 1 rings (SSSR count). The number of aliphatic hydroxyl groups is 4. The Bertz CT molecular complexity index is 935. The molecule has 1 fully saturated rings. The summed E-state index contributed by atoms with van der Waals surface area (Å²) in [7, 11) is 0. The number of hydrogen-bond acceptors (Lipinski definition) is 9. The molecule has 9 nitrogen and oxygen atoms in total. The van der Waals surface area contributed by atoms with Gasteiger partial charge in [-0.2, -0.15) is 0 Å². The van der Waals surface area contributed by atoms with Gasteiger partial charge in [-0.3, -0.25) is 4.79 Å². The van der Waals surface area contributed by atoms with Crippen molar-refractivity contribution in [3.05, 3.63) is 0 Å². The summed E-state index contributed by atoms with van der Waals surface area (Å²) >= 11 is 0. The van der Waals surface area contributed by atoms with Gasteiger partial charge in [0.2, 0.25) is 0 Å². The van der Waals surface area contributed by atoms with Gasteiger partial charge < -0.3 is 39.4 Å². The highest BCUT2D eigenvalue weighted by Gasteiger charge is 2.44. The van der Waals surface area contributed by atoms with Gasteiger partial charge in [-0.1, -0.05) is 258 Å². The maximum Gasteiger partial charge on any atom is 0.306 e. The highest BCUT2D eigenvalue weighted by molar-refractivity contribution is 5.69. The minimum absolute atomic E-state index is 0.104. The Labute approximate surface area is 389 Å². The molecule has 0 spiro atoms. The largest absolute Gasteiger partial charge is 0.457 e. The van der Waals surface area contributed by atoms with E-state index >= 15 is 0 Å². The molecule has 0 aromatic heterocycles. The van der Waals surface area contributed by atoms with Crippen LogP contribution in [0.25, 0.3) is 0 Å². The summed E-state index contributed by atoms with van der Waals surface area (Å²) in [6.07, 6.45) is 45.7. The van der Waals surface area contributed by atoms with Gasteiger partial charge in [0.1, 0.15) is 30.5 Å². The maximum atomic E-state index is 12.9. The average molecular weight is 899 g/mol. The van der Waals surface area contributed by atoms with Crippen molar-refractivity contribution in [1.29, 1.82) is 0 Å². The third-order valence-corrected chi connectivity index (χ3v) is 13.3. The molecule has 0 bridgehead atoms. The van der Waals surface area contributed by atoms with Crippen LogP contribution < -0.4 is 0 Å². The predicted molar refractivity (Wildman–Crippen MR) is 261 cm³/mol. The molecule has 1 aliphatic heterocycles. The lowest BCUT2D eigenvalue weighted by Gasteiger charge is -2.39. The van der Waals surface area contributed by atoms with Crippen LogP contribution in [0.3, 0.4) is 0 Å². The fraction of sp³-hybridized carbons (Fsp3) is 0.981. The standard InChI is InChI=1S/C54H106O9/c1-3-5-7-9-11-13-15-17-19-21-23-24-25-26-28-30-32-34-36-38-40-42-44-60-46-48(47-61-54-53(59)52(58)51(57)49(45-55)63-54)62-50(56)43-41-39-37-35-33-31-29-27-22-20-18-16-14-12-10-8-6-4-2/h48-49,51-55,57-59H,3-47H2,1-2H3. The predicted octanol–water partition coefficient (Wildman–Crippen LogP) is 13.8. The number of aliphatic hydroxyl groups excluding tert-OH is 4. The van der Waals surface area contributed by atoms with Crippen LogP contribution in [0.1, 0.15) is 277 Å². The summed E-state index contributed by atoms with van der Waals surface area (Å²) in [5.74, 6) is -0.304. The van der Waals surface area contributed by atoms with Crippen LogP contribution in [0.4, 0.5) is 0 Å². The topological polar surface area (TPSA) is 135 Å². The van der Waals surface area contributed by atoms with Gasteiger partial charge in [0.15, 0.2) is 6.29 Å². The Balaban J connectivity index is 2.14. The highest BCUT2D eigenvalue weighted by atomic mass is 16.7. The molecule has 376 valence electrons. The third kappa shape index (κ3) is 36.9. The second-order valence-electron chi connectivity index (χ2n) is 19.4. The zero-order valence-corrected chi connectivity index (χ0v) is 41.6. The fourth-order valence-electron chi connectivity index (χ4n) is 8.97. The van der Waals surface area contributed by atoms with Crippen molar-refractivity contribution in [2.45, 2.75) is 314 Å². The number of ether oxygens (including phenoxy) is 4. The molecule has 1 saturated heterocycles. The zero-order valence-electron chi connectivity index (χ0n) is 41.6. The normalized spacial score (nSPS) is 19.5. The molecular weight excluding hydrogens is 793 g/mol. The third-order valence-electron chi connectivity index (χ3n) is 13.3. The molecule has 6 atom stereocenters. The van der Waals surface area contributed by atoms with Crippen LogP contribution in [0.5, 0.6) is 0 Å². The van der Waals surface area contributed by atoms with E-state index in [4.69, 9.17) is 18.9 Å². The van der Waals surface area contributed by atoms with Crippen molar-refractivity contribution in [2.75, 3.05) is 26.4 Å². The fourth-order valence-corrected chi connectivity index (χ4v) is 8.97. The van der Waals surface area contributed by atoms with Gasteiger partial charge in [-0.05, 0) is 12.8 Å². The number of unbranched alkanes of at least 4 members (excludes halogenated alkanes) is 38. The van der Waals surface area contributed by atoms with E-state index in [0.717, 1.165) is 32.1 Å². The number of esters is 1. The maximum absolute atomic E-state index is 12.9. The second kappa shape index (κ2) is 46.3. The Hall–Kier alpha value is -0.810. The summed E-state index contributed by atoms with van der Waals surface area (Å²) < 4.78 is 23.0. The van der Waals surface area contributed by atoms with E-state index in [1.807, 2.05) is 0 Å². The van der Waals surface area contributed by atoms with Gasteiger partial charge in [-0.25, -0.2) is 0 Å². The quantitative estimate of drug-likeness (QED) is 0.0348. The molecule has 6 unspecified atom stereocenters. The van der Waals surface area contributed by atoms with Crippen LogP contribution in [-0.4, -0.2) is 89.6 Å². The molecule has 0 amide bonds. The molecule has 1 heterocycles.